The molecule has 0 saturated carbocycles. The highest BCUT2D eigenvalue weighted by Crippen LogP contribution is 1.99. The van der Waals surface area contributed by atoms with Crippen LogP contribution in [-0.4, -0.2) is 11.6 Å². The molecule has 0 aromatic rings. The van der Waals surface area contributed by atoms with E-state index in [1.165, 1.54) is 0 Å². The van der Waals surface area contributed by atoms with Gasteiger partial charge in [0, 0.05) is 5.33 Å². The number of alkyl halides is 1. The summed E-state index contributed by atoms with van der Waals surface area (Å²) in [6.45, 7) is 0. The van der Waals surface area contributed by atoms with Gasteiger partial charge < -0.3 is 0 Å². The third-order valence-corrected chi connectivity index (χ3v) is 1.86. The molecule has 0 unspecified atom stereocenters. The molecule has 0 bridgehead atoms. The van der Waals surface area contributed by atoms with Gasteiger partial charge in [-0.3, -0.25) is 4.79 Å². The molecular formula is C10H15BrO. The minimum absolute atomic E-state index is 0.820. The minimum Gasteiger partial charge on any atom is -0.299 e. The lowest BCUT2D eigenvalue weighted by Crippen LogP contribution is -1.71. The normalized spacial score (nSPS) is 11.4. The Balaban J connectivity index is 3.09. The van der Waals surface area contributed by atoms with Gasteiger partial charge in [0.05, 0.1) is 0 Å². The summed E-state index contributed by atoms with van der Waals surface area (Å²) in [5, 5.41) is 1.04. The van der Waals surface area contributed by atoms with Crippen molar-refractivity contribution < 1.29 is 4.79 Å². The SMILES string of the molecule is O=C/C=C/CCC/C=C/CCBr. The minimum atomic E-state index is 0.820. The molecule has 0 atom stereocenters. The largest absolute Gasteiger partial charge is 0.299 e. The first-order chi connectivity index (χ1) is 5.91. The van der Waals surface area contributed by atoms with E-state index in [1.54, 1.807) is 6.08 Å². The highest BCUT2D eigenvalue weighted by molar-refractivity contribution is 9.09. The summed E-state index contributed by atoms with van der Waals surface area (Å²) >= 11 is 3.35. The van der Waals surface area contributed by atoms with Crippen LogP contribution >= 0.6 is 15.9 Å². The molecule has 0 aliphatic carbocycles. The van der Waals surface area contributed by atoms with Gasteiger partial charge in [-0.1, -0.05) is 34.2 Å². The van der Waals surface area contributed by atoms with Gasteiger partial charge in [0.15, 0.2) is 0 Å². The quantitative estimate of drug-likeness (QED) is 0.216. The van der Waals surface area contributed by atoms with Crippen LogP contribution in [0.25, 0.3) is 0 Å². The van der Waals surface area contributed by atoms with Crippen LogP contribution in [0, 0.1) is 0 Å². The van der Waals surface area contributed by atoms with Gasteiger partial charge in [-0.2, -0.15) is 0 Å². The Morgan fingerprint density at radius 3 is 2.33 bits per heavy atom. The van der Waals surface area contributed by atoms with Gasteiger partial charge in [-0.25, -0.2) is 0 Å². The lowest BCUT2D eigenvalue weighted by molar-refractivity contribution is -0.104. The highest BCUT2D eigenvalue weighted by atomic mass is 79.9. The van der Waals surface area contributed by atoms with Crippen LogP contribution in [0.15, 0.2) is 24.3 Å². The Labute approximate surface area is 82.7 Å². The van der Waals surface area contributed by atoms with Crippen molar-refractivity contribution in [3.8, 4) is 0 Å². The molecular weight excluding hydrogens is 216 g/mol. The molecule has 0 heterocycles. The van der Waals surface area contributed by atoms with Gasteiger partial charge >= 0.3 is 0 Å². The number of carbonyl (C=O) groups is 1. The van der Waals surface area contributed by atoms with E-state index in [2.05, 4.69) is 28.1 Å². The van der Waals surface area contributed by atoms with Crippen molar-refractivity contribution in [2.24, 2.45) is 0 Å². The fourth-order valence-electron chi connectivity index (χ4n) is 0.804. The van der Waals surface area contributed by atoms with Gasteiger partial charge in [0.2, 0.25) is 0 Å². The third kappa shape index (κ3) is 9.63. The van der Waals surface area contributed by atoms with E-state index in [-0.39, 0.29) is 0 Å². The van der Waals surface area contributed by atoms with Crippen LogP contribution in [-0.2, 0) is 4.79 Å². The first-order valence-corrected chi connectivity index (χ1v) is 5.35. The van der Waals surface area contributed by atoms with E-state index in [0.717, 1.165) is 37.3 Å². The van der Waals surface area contributed by atoms with E-state index >= 15 is 0 Å². The summed E-state index contributed by atoms with van der Waals surface area (Å²) in [6, 6.07) is 0. The number of halogens is 1. The summed E-state index contributed by atoms with van der Waals surface area (Å²) in [6.07, 6.45) is 13.0. The van der Waals surface area contributed by atoms with Crippen LogP contribution in [0.3, 0.4) is 0 Å². The first kappa shape index (κ1) is 11.6. The molecule has 12 heavy (non-hydrogen) atoms. The average molecular weight is 231 g/mol. The lowest BCUT2D eigenvalue weighted by Gasteiger charge is -1.88. The molecule has 0 aliphatic rings. The number of allylic oxidation sites excluding steroid dienone is 4. The van der Waals surface area contributed by atoms with Gasteiger partial charge in [-0.05, 0) is 31.8 Å². The monoisotopic (exact) mass is 230 g/mol. The molecule has 0 N–H and O–H groups in total. The average Bonchev–Trinajstić information content (AvgIpc) is 2.10. The smallest absolute Gasteiger partial charge is 0.142 e. The molecule has 0 saturated heterocycles. The lowest BCUT2D eigenvalue weighted by atomic mass is 10.2. The van der Waals surface area contributed by atoms with Crippen LogP contribution < -0.4 is 0 Å². The van der Waals surface area contributed by atoms with E-state index < -0.39 is 0 Å². The standard InChI is InChI=1S/C10H15BrO/c11-9-7-5-3-1-2-4-6-8-10-12/h3,5-6,8,10H,1-2,4,7,9H2/b5-3+,8-6+. The second-order valence-electron chi connectivity index (χ2n) is 2.44. The highest BCUT2D eigenvalue weighted by Gasteiger charge is 1.80. The first-order valence-electron chi connectivity index (χ1n) is 4.23. The number of aldehydes is 1. The van der Waals surface area contributed by atoms with Crippen molar-refractivity contribution in [2.75, 3.05) is 5.33 Å². The Kier molecular flexibility index (Phi) is 10.3. The van der Waals surface area contributed by atoms with E-state index in [9.17, 15) is 4.79 Å². The van der Waals surface area contributed by atoms with E-state index in [4.69, 9.17) is 0 Å². The zero-order chi connectivity index (χ0) is 9.07. The van der Waals surface area contributed by atoms with Crippen molar-refractivity contribution >= 4 is 22.2 Å². The number of hydrogen-bond acceptors (Lipinski definition) is 1. The van der Waals surface area contributed by atoms with Crippen LogP contribution in [0.2, 0.25) is 0 Å². The van der Waals surface area contributed by atoms with Crippen molar-refractivity contribution in [3.05, 3.63) is 24.3 Å². The van der Waals surface area contributed by atoms with Crippen molar-refractivity contribution in [3.63, 3.8) is 0 Å². The zero-order valence-electron chi connectivity index (χ0n) is 7.21. The summed E-state index contributed by atoms with van der Waals surface area (Å²) in [5.74, 6) is 0. The predicted octanol–water partition coefficient (Wildman–Crippen LogP) is 3.25. The van der Waals surface area contributed by atoms with E-state index in [1.807, 2.05) is 6.08 Å². The van der Waals surface area contributed by atoms with Crippen LogP contribution in [0.5, 0.6) is 0 Å². The Hall–Kier alpha value is -0.370. The molecule has 0 amide bonds. The fraction of sp³-hybridized carbons (Fsp3) is 0.500. The van der Waals surface area contributed by atoms with Crippen LogP contribution in [0.4, 0.5) is 0 Å². The summed E-state index contributed by atoms with van der Waals surface area (Å²) in [4.78, 5) is 9.87. The maximum Gasteiger partial charge on any atom is 0.142 e. The van der Waals surface area contributed by atoms with Gasteiger partial charge in [0.1, 0.15) is 6.29 Å². The molecule has 0 rings (SSSR count). The topological polar surface area (TPSA) is 17.1 Å². The molecule has 1 nitrogen and oxygen atoms in total. The predicted molar refractivity (Wildman–Crippen MR) is 56.6 cm³/mol. The fourth-order valence-corrected chi connectivity index (χ4v) is 1.07. The molecule has 0 fully saturated rings. The van der Waals surface area contributed by atoms with Crippen molar-refractivity contribution in [2.45, 2.75) is 25.7 Å². The molecule has 0 spiro atoms. The van der Waals surface area contributed by atoms with Crippen LogP contribution in [0.1, 0.15) is 25.7 Å². The number of carbonyl (C=O) groups excluding carboxylic acids is 1. The maximum atomic E-state index is 9.87. The summed E-state index contributed by atoms with van der Waals surface area (Å²) in [5.41, 5.74) is 0. The second kappa shape index (κ2) is 10.6. The van der Waals surface area contributed by atoms with Crippen molar-refractivity contribution in [1.29, 1.82) is 0 Å². The molecule has 0 radical (unpaired) electrons. The molecule has 68 valence electrons. The number of hydrogen-bond donors (Lipinski definition) is 0. The molecule has 0 aliphatic heterocycles. The summed E-state index contributed by atoms with van der Waals surface area (Å²) < 4.78 is 0. The van der Waals surface area contributed by atoms with E-state index in [0.29, 0.717) is 0 Å². The Morgan fingerprint density at radius 1 is 1.00 bits per heavy atom. The third-order valence-electron chi connectivity index (χ3n) is 1.40. The maximum absolute atomic E-state index is 9.87. The number of rotatable bonds is 7. The molecule has 2 heteroatoms. The van der Waals surface area contributed by atoms with Crippen molar-refractivity contribution in [1.82, 2.24) is 0 Å². The Bertz CT molecular complexity index is 150. The van der Waals surface area contributed by atoms with Gasteiger partial charge in [-0.15, -0.1) is 0 Å². The Morgan fingerprint density at radius 2 is 1.67 bits per heavy atom. The van der Waals surface area contributed by atoms with Gasteiger partial charge in [0.25, 0.3) is 0 Å². The zero-order valence-corrected chi connectivity index (χ0v) is 8.79. The number of unbranched alkanes of at least 4 members (excludes halogenated alkanes) is 2. The molecule has 0 aromatic heterocycles. The summed E-state index contributed by atoms with van der Waals surface area (Å²) in [7, 11) is 0. The molecule has 0 aromatic carbocycles. The second-order valence-corrected chi connectivity index (χ2v) is 3.24.